The van der Waals surface area contributed by atoms with Gasteiger partial charge in [-0.05, 0) is 46.5 Å². The summed E-state index contributed by atoms with van der Waals surface area (Å²) in [6, 6.07) is 9.80. The summed E-state index contributed by atoms with van der Waals surface area (Å²) in [4.78, 5) is 1.14. The van der Waals surface area contributed by atoms with E-state index in [9.17, 15) is 5.11 Å². The Balaban J connectivity index is 1.58. The molecule has 1 N–H and O–H groups in total. The first-order valence-electron chi connectivity index (χ1n) is 8.01. The third kappa shape index (κ3) is 4.82. The zero-order chi connectivity index (χ0) is 18.4. The summed E-state index contributed by atoms with van der Waals surface area (Å²) in [7, 11) is 1.61. The standard InChI is InChI=1S/C17H20N4O3S2/c1-12-5-6-16(23-2)15(8-12)21-17(18-19-20-21)26-11-13(22)9-24-10-14-4-3-7-25-14/h3-8,13,22H,9-11H2,1-2H3/t13-/m0/s1. The molecule has 0 aliphatic heterocycles. The Morgan fingerprint density at radius 1 is 1.35 bits per heavy atom. The van der Waals surface area contributed by atoms with Gasteiger partial charge in [-0.1, -0.05) is 23.9 Å². The van der Waals surface area contributed by atoms with E-state index in [-0.39, 0.29) is 6.61 Å². The molecule has 2 aromatic heterocycles. The molecule has 0 fully saturated rings. The van der Waals surface area contributed by atoms with Crippen LogP contribution in [0.1, 0.15) is 10.4 Å². The predicted octanol–water partition coefficient (Wildman–Crippen LogP) is 2.71. The summed E-state index contributed by atoms with van der Waals surface area (Å²) in [6.45, 7) is 2.77. The highest BCUT2D eigenvalue weighted by Gasteiger charge is 2.15. The lowest BCUT2D eigenvalue weighted by atomic mass is 10.2. The molecule has 1 atom stereocenters. The molecule has 0 aliphatic rings. The topological polar surface area (TPSA) is 82.3 Å². The average Bonchev–Trinajstić information content (AvgIpc) is 3.31. The van der Waals surface area contributed by atoms with E-state index in [0.717, 1.165) is 16.1 Å². The number of methoxy groups -OCH3 is 1. The molecule has 26 heavy (non-hydrogen) atoms. The number of aryl methyl sites for hydroxylation is 1. The van der Waals surface area contributed by atoms with Crippen LogP contribution in [0.5, 0.6) is 5.75 Å². The molecular formula is C17H20N4O3S2. The van der Waals surface area contributed by atoms with Crippen LogP contribution < -0.4 is 4.74 Å². The lowest BCUT2D eigenvalue weighted by Gasteiger charge is -2.12. The van der Waals surface area contributed by atoms with Crippen LogP contribution in [0.15, 0.2) is 40.9 Å². The van der Waals surface area contributed by atoms with Crippen molar-refractivity contribution in [2.24, 2.45) is 0 Å². The quantitative estimate of drug-likeness (QED) is 0.561. The number of benzene rings is 1. The largest absolute Gasteiger partial charge is 0.494 e. The second kappa shape index (κ2) is 9.13. The Kier molecular flexibility index (Phi) is 6.62. The minimum atomic E-state index is -0.607. The van der Waals surface area contributed by atoms with Gasteiger partial charge in [0.05, 0.1) is 26.4 Å². The van der Waals surface area contributed by atoms with Gasteiger partial charge in [0, 0.05) is 10.6 Å². The van der Waals surface area contributed by atoms with Gasteiger partial charge in [0.15, 0.2) is 0 Å². The lowest BCUT2D eigenvalue weighted by Crippen LogP contribution is -2.18. The summed E-state index contributed by atoms with van der Waals surface area (Å²) in [5, 5.41) is 24.6. The number of thiophene rings is 1. The predicted molar refractivity (Wildman–Crippen MR) is 101 cm³/mol. The highest BCUT2D eigenvalue weighted by Crippen LogP contribution is 2.27. The molecule has 9 heteroatoms. The fourth-order valence-electron chi connectivity index (χ4n) is 2.29. The summed E-state index contributed by atoms with van der Waals surface area (Å²) < 4.78 is 12.6. The average molecular weight is 393 g/mol. The SMILES string of the molecule is COc1ccc(C)cc1-n1nnnc1SC[C@@H](O)COCc1cccs1. The number of thioether (sulfide) groups is 1. The van der Waals surface area contributed by atoms with Crippen molar-refractivity contribution < 1.29 is 14.6 Å². The molecular weight excluding hydrogens is 372 g/mol. The molecule has 0 unspecified atom stereocenters. The number of ether oxygens (including phenoxy) is 2. The van der Waals surface area contributed by atoms with Crippen LogP contribution in [0.25, 0.3) is 5.69 Å². The molecule has 1 aromatic carbocycles. The van der Waals surface area contributed by atoms with Gasteiger partial charge in [0.2, 0.25) is 5.16 Å². The van der Waals surface area contributed by atoms with E-state index in [0.29, 0.717) is 23.3 Å². The molecule has 0 saturated carbocycles. The van der Waals surface area contributed by atoms with E-state index in [1.807, 2.05) is 42.6 Å². The van der Waals surface area contributed by atoms with Gasteiger partial charge in [0.25, 0.3) is 0 Å². The summed E-state index contributed by atoms with van der Waals surface area (Å²) in [6.07, 6.45) is -0.607. The zero-order valence-electron chi connectivity index (χ0n) is 14.5. The molecule has 7 nitrogen and oxygen atoms in total. The van der Waals surface area contributed by atoms with Crippen LogP contribution in [0, 0.1) is 6.92 Å². The highest BCUT2D eigenvalue weighted by atomic mass is 32.2. The molecule has 0 amide bonds. The molecule has 0 radical (unpaired) electrons. The van der Waals surface area contributed by atoms with Gasteiger partial charge >= 0.3 is 0 Å². The maximum absolute atomic E-state index is 10.1. The lowest BCUT2D eigenvalue weighted by molar-refractivity contribution is 0.0409. The van der Waals surface area contributed by atoms with Crippen LogP contribution >= 0.6 is 23.1 Å². The fourth-order valence-corrected chi connectivity index (χ4v) is 3.72. The number of hydrogen-bond acceptors (Lipinski definition) is 8. The fraction of sp³-hybridized carbons (Fsp3) is 0.353. The normalized spacial score (nSPS) is 12.3. The second-order valence-corrected chi connectivity index (χ2v) is 7.63. The van der Waals surface area contributed by atoms with Crippen LogP contribution in [0.3, 0.4) is 0 Å². The van der Waals surface area contributed by atoms with E-state index in [1.54, 1.807) is 23.1 Å². The van der Waals surface area contributed by atoms with Crippen LogP contribution in [0.4, 0.5) is 0 Å². The van der Waals surface area contributed by atoms with E-state index in [4.69, 9.17) is 9.47 Å². The van der Waals surface area contributed by atoms with E-state index in [2.05, 4.69) is 15.5 Å². The first kappa shape index (κ1) is 18.8. The number of aromatic nitrogens is 4. The van der Waals surface area contributed by atoms with E-state index >= 15 is 0 Å². The van der Waals surface area contributed by atoms with Gasteiger partial charge < -0.3 is 14.6 Å². The van der Waals surface area contributed by atoms with Gasteiger partial charge in [-0.25, -0.2) is 0 Å². The first-order valence-corrected chi connectivity index (χ1v) is 9.88. The number of tetrazole rings is 1. The molecule has 3 rings (SSSR count). The number of hydrogen-bond donors (Lipinski definition) is 1. The van der Waals surface area contributed by atoms with Crippen molar-refractivity contribution in [3.8, 4) is 11.4 Å². The Hall–Kier alpha value is -1.94. The minimum Gasteiger partial charge on any atom is -0.494 e. The molecule has 0 spiro atoms. The van der Waals surface area contributed by atoms with Crippen molar-refractivity contribution in [1.29, 1.82) is 0 Å². The van der Waals surface area contributed by atoms with Gasteiger partial charge in [-0.3, -0.25) is 0 Å². The Morgan fingerprint density at radius 2 is 2.23 bits per heavy atom. The monoisotopic (exact) mass is 392 g/mol. The first-order chi connectivity index (χ1) is 12.7. The van der Waals surface area contributed by atoms with Crippen LogP contribution in [-0.4, -0.2) is 50.9 Å². The van der Waals surface area contributed by atoms with Crippen molar-refractivity contribution >= 4 is 23.1 Å². The van der Waals surface area contributed by atoms with Crippen LogP contribution in [0.2, 0.25) is 0 Å². The molecule has 0 aliphatic carbocycles. The Bertz CT molecular complexity index is 823. The molecule has 138 valence electrons. The second-order valence-electron chi connectivity index (χ2n) is 5.61. The van der Waals surface area contributed by atoms with Crippen molar-refractivity contribution in [2.45, 2.75) is 24.8 Å². The van der Waals surface area contributed by atoms with Gasteiger partial charge in [0.1, 0.15) is 11.4 Å². The third-order valence-corrected chi connectivity index (χ3v) is 5.46. The van der Waals surface area contributed by atoms with Crippen molar-refractivity contribution in [2.75, 3.05) is 19.5 Å². The molecule has 0 saturated heterocycles. The Morgan fingerprint density at radius 3 is 3.00 bits per heavy atom. The minimum absolute atomic E-state index is 0.264. The van der Waals surface area contributed by atoms with Crippen molar-refractivity contribution in [1.82, 2.24) is 20.2 Å². The van der Waals surface area contributed by atoms with Gasteiger partial charge in [-0.15, -0.1) is 16.4 Å². The third-order valence-electron chi connectivity index (χ3n) is 3.54. The van der Waals surface area contributed by atoms with E-state index in [1.165, 1.54) is 11.8 Å². The molecule has 0 bridgehead atoms. The smallest absolute Gasteiger partial charge is 0.214 e. The maximum Gasteiger partial charge on any atom is 0.214 e. The van der Waals surface area contributed by atoms with Crippen molar-refractivity contribution in [3.63, 3.8) is 0 Å². The summed E-state index contributed by atoms with van der Waals surface area (Å²) in [5.41, 5.74) is 1.85. The molecule has 2 heterocycles. The van der Waals surface area contributed by atoms with Crippen LogP contribution in [-0.2, 0) is 11.3 Å². The number of aliphatic hydroxyl groups is 1. The maximum atomic E-state index is 10.1. The molecule has 3 aromatic rings. The van der Waals surface area contributed by atoms with Gasteiger partial charge in [-0.2, -0.15) is 4.68 Å². The Labute approximate surface area is 160 Å². The number of rotatable bonds is 9. The van der Waals surface area contributed by atoms with Crippen molar-refractivity contribution in [3.05, 3.63) is 46.2 Å². The number of nitrogens with zero attached hydrogens (tertiary/aromatic N) is 4. The summed E-state index contributed by atoms with van der Waals surface area (Å²) in [5.74, 6) is 1.11. The summed E-state index contributed by atoms with van der Waals surface area (Å²) >= 11 is 3.01. The zero-order valence-corrected chi connectivity index (χ0v) is 16.2. The number of aliphatic hydroxyl groups excluding tert-OH is 1. The van der Waals surface area contributed by atoms with E-state index < -0.39 is 6.10 Å². The highest BCUT2D eigenvalue weighted by molar-refractivity contribution is 7.99.